The number of nitrogens with zero attached hydrogens (tertiary/aromatic N) is 12. The van der Waals surface area contributed by atoms with Crippen LogP contribution in [-0.4, -0.2) is 70.2 Å². The molecular formula is C54H38Cl3FIN13O2. The summed E-state index contributed by atoms with van der Waals surface area (Å²) in [6, 6.07) is 42.5. The second kappa shape index (κ2) is 19.3. The Kier molecular flexibility index (Phi) is 12.7. The van der Waals surface area contributed by atoms with Crippen LogP contribution in [0.4, 0.5) is 4.39 Å². The molecule has 0 aliphatic rings. The monoisotopic (exact) mass is 1150 g/mol. The number of nitrogens with one attached hydrogen (secondary N) is 1. The summed E-state index contributed by atoms with van der Waals surface area (Å²) in [5.74, 6) is -0.809. The SMILES string of the molecule is CC(=O)NC(c1ccc2c(c1)c(-c1cccc(Cl)c1)cc1nnnn12)(c1ccc(F)cc1Cl)c1cncn1C.Cn1cncc1C(O)(c1ccc(Cl)cc1)c1ccc2c(c1)c(-c1cccc(I)c1)cc1nnnn12. The van der Waals surface area contributed by atoms with Gasteiger partial charge in [-0.25, -0.2) is 14.4 Å². The van der Waals surface area contributed by atoms with E-state index in [1.807, 2.05) is 104 Å². The third kappa shape index (κ3) is 8.49. The lowest BCUT2D eigenvalue weighted by Crippen LogP contribution is -2.48. The molecule has 0 saturated heterocycles. The maximum atomic E-state index is 14.2. The number of carbonyl (C=O) groups excluding carboxylic acids is 1. The van der Waals surface area contributed by atoms with Crippen molar-refractivity contribution in [3.63, 3.8) is 0 Å². The lowest BCUT2D eigenvalue weighted by Gasteiger charge is -2.37. The van der Waals surface area contributed by atoms with Gasteiger partial charge in [0, 0.05) is 56.0 Å². The van der Waals surface area contributed by atoms with E-state index in [0.717, 1.165) is 47.6 Å². The maximum absolute atomic E-state index is 14.2. The molecule has 12 aromatic rings. The first-order valence-corrected chi connectivity index (χ1v) is 24.9. The molecule has 6 aromatic carbocycles. The van der Waals surface area contributed by atoms with E-state index < -0.39 is 17.0 Å². The van der Waals surface area contributed by atoms with Crippen molar-refractivity contribution in [1.82, 2.24) is 64.5 Å². The molecule has 2 N–H and O–H groups in total. The number of hydrogen-bond donors (Lipinski definition) is 2. The number of aromatic nitrogens is 12. The summed E-state index contributed by atoms with van der Waals surface area (Å²) in [5.41, 5.74) is 7.50. The molecule has 0 aliphatic carbocycles. The fraction of sp³-hybridized carbons (Fsp3) is 0.0926. The highest BCUT2D eigenvalue weighted by molar-refractivity contribution is 14.1. The fourth-order valence-electron chi connectivity index (χ4n) is 9.73. The maximum Gasteiger partial charge on any atom is 0.218 e. The van der Waals surface area contributed by atoms with Crippen LogP contribution in [0.15, 0.2) is 165 Å². The van der Waals surface area contributed by atoms with Gasteiger partial charge in [-0.2, -0.15) is 9.03 Å². The van der Waals surface area contributed by atoms with Crippen LogP contribution in [0, 0.1) is 9.39 Å². The average molecular weight is 1150 g/mol. The first-order chi connectivity index (χ1) is 35.7. The van der Waals surface area contributed by atoms with Crippen LogP contribution in [0.25, 0.3) is 55.4 Å². The predicted molar refractivity (Wildman–Crippen MR) is 290 cm³/mol. The first kappa shape index (κ1) is 48.6. The molecule has 0 fully saturated rings. The van der Waals surface area contributed by atoms with Gasteiger partial charge in [0.25, 0.3) is 0 Å². The quantitative estimate of drug-likeness (QED) is 0.133. The van der Waals surface area contributed by atoms with Crippen LogP contribution in [-0.2, 0) is 30.0 Å². The normalized spacial score (nSPS) is 13.2. The van der Waals surface area contributed by atoms with Crippen molar-refractivity contribution in [3.8, 4) is 22.3 Å². The van der Waals surface area contributed by atoms with Crippen molar-refractivity contribution in [2.75, 3.05) is 0 Å². The molecule has 0 aliphatic heterocycles. The van der Waals surface area contributed by atoms with Crippen LogP contribution in [0.1, 0.15) is 40.6 Å². The standard InChI is InChI=1S/C28H20Cl2FN7O.C26H18ClIN6O/c1-16(39)33-28(26-14-32-15-37(26)2,23-8-7-20(31)12-24(23)30)18-6-9-25-22(11-18)21(13-27-34-35-36-38(25)27)17-4-3-5-19(29)10-17;1-33-15-29-14-24(33)26(35,17-5-8-19(27)9-6-17)18-7-10-23-22(12-18)21(13-25-30-31-32-34(23)25)16-3-2-4-20(28)11-16/h3-15H,1-2H3,(H,33,39);2-15,35H,1H3. The molecule has 0 spiro atoms. The average Bonchev–Trinajstić information content (AvgIpc) is 4.24. The predicted octanol–water partition coefficient (Wildman–Crippen LogP) is 10.8. The molecule has 1 amide bonds. The van der Waals surface area contributed by atoms with E-state index in [0.29, 0.717) is 55.0 Å². The summed E-state index contributed by atoms with van der Waals surface area (Å²) in [6.45, 7) is 1.42. The van der Waals surface area contributed by atoms with E-state index in [1.54, 1.807) is 62.9 Å². The Hall–Kier alpha value is -7.68. The van der Waals surface area contributed by atoms with Gasteiger partial charge in [-0.3, -0.25) is 4.79 Å². The van der Waals surface area contributed by atoms with Crippen LogP contribution >= 0.6 is 57.4 Å². The van der Waals surface area contributed by atoms with Gasteiger partial charge in [-0.05, 0) is 167 Å². The number of pyridine rings is 2. The number of benzene rings is 6. The number of aryl methyl sites for hydroxylation is 2. The summed E-state index contributed by atoms with van der Waals surface area (Å²) in [7, 11) is 3.69. The number of rotatable bonds is 9. The van der Waals surface area contributed by atoms with Crippen LogP contribution in [0.5, 0.6) is 0 Å². The second-order valence-corrected chi connectivity index (χ2v) is 20.1. The Morgan fingerprint density at radius 1 is 0.635 bits per heavy atom. The summed E-state index contributed by atoms with van der Waals surface area (Å²) >= 11 is 21.5. The van der Waals surface area contributed by atoms with E-state index in [9.17, 15) is 14.3 Å². The van der Waals surface area contributed by atoms with Crippen LogP contribution < -0.4 is 5.32 Å². The van der Waals surface area contributed by atoms with Gasteiger partial charge in [0.15, 0.2) is 16.9 Å². The number of halogens is 5. The van der Waals surface area contributed by atoms with Crippen molar-refractivity contribution in [2.24, 2.45) is 14.1 Å². The van der Waals surface area contributed by atoms with E-state index in [4.69, 9.17) is 34.8 Å². The minimum absolute atomic E-state index is 0.149. The number of amides is 1. The van der Waals surface area contributed by atoms with E-state index in [2.05, 4.69) is 87.1 Å². The van der Waals surface area contributed by atoms with Gasteiger partial charge in [-0.1, -0.05) is 89.4 Å². The highest BCUT2D eigenvalue weighted by Gasteiger charge is 2.42. The summed E-state index contributed by atoms with van der Waals surface area (Å²) in [6.07, 6.45) is 6.65. The molecule has 0 saturated carbocycles. The third-order valence-electron chi connectivity index (χ3n) is 13.0. The molecule has 20 heteroatoms. The van der Waals surface area contributed by atoms with Gasteiger partial charge in [0.05, 0.1) is 47.5 Å². The molecule has 0 radical (unpaired) electrons. The van der Waals surface area contributed by atoms with E-state index in [-0.39, 0.29) is 10.9 Å². The number of imidazole rings is 2. The van der Waals surface area contributed by atoms with E-state index >= 15 is 0 Å². The Bertz CT molecular complexity index is 4140. The largest absolute Gasteiger partial charge is 0.374 e. The molecule has 0 bridgehead atoms. The summed E-state index contributed by atoms with van der Waals surface area (Å²) < 4.78 is 22.3. The Labute approximate surface area is 449 Å². The number of aliphatic hydroxyl groups is 1. The van der Waals surface area contributed by atoms with Gasteiger partial charge >= 0.3 is 0 Å². The zero-order chi connectivity index (χ0) is 51.5. The smallest absolute Gasteiger partial charge is 0.218 e. The van der Waals surface area contributed by atoms with Crippen LogP contribution in [0.3, 0.4) is 0 Å². The molecule has 12 rings (SSSR count). The molecular weight excluding hydrogens is 1110 g/mol. The third-order valence-corrected chi connectivity index (χ3v) is 14.5. The minimum Gasteiger partial charge on any atom is -0.374 e. The number of carbonyl (C=O) groups is 1. The molecule has 2 unspecified atom stereocenters. The minimum atomic E-state index is -1.47. The molecule has 15 nitrogen and oxygen atoms in total. The first-order valence-electron chi connectivity index (χ1n) is 22.7. The Morgan fingerprint density at radius 2 is 1.20 bits per heavy atom. The summed E-state index contributed by atoms with van der Waals surface area (Å²) in [5, 5.41) is 42.9. The van der Waals surface area contributed by atoms with Crippen LogP contribution in [0.2, 0.25) is 15.1 Å². The number of tetrazole rings is 2. The molecule has 366 valence electrons. The van der Waals surface area contributed by atoms with Crippen molar-refractivity contribution in [3.05, 3.63) is 223 Å². The Morgan fingerprint density at radius 3 is 1.77 bits per heavy atom. The van der Waals surface area contributed by atoms with E-state index in [1.165, 1.54) is 19.1 Å². The van der Waals surface area contributed by atoms with Gasteiger partial charge < -0.3 is 19.6 Å². The molecule has 6 heterocycles. The number of fused-ring (bicyclic) bond motifs is 6. The summed E-state index contributed by atoms with van der Waals surface area (Å²) in [4.78, 5) is 21.4. The zero-order valence-electron chi connectivity index (χ0n) is 39.2. The van der Waals surface area contributed by atoms with Crippen molar-refractivity contribution in [1.29, 1.82) is 0 Å². The fourth-order valence-corrected chi connectivity index (χ4v) is 10.9. The van der Waals surface area contributed by atoms with Crippen molar-refractivity contribution in [2.45, 2.75) is 18.1 Å². The second-order valence-electron chi connectivity index (χ2n) is 17.6. The van der Waals surface area contributed by atoms with Gasteiger partial charge in [0.1, 0.15) is 11.4 Å². The lowest BCUT2D eigenvalue weighted by atomic mass is 9.79. The Balaban J connectivity index is 0.000000160. The molecule has 2 atom stereocenters. The zero-order valence-corrected chi connectivity index (χ0v) is 43.6. The van der Waals surface area contributed by atoms with Gasteiger partial charge in [-0.15, -0.1) is 10.2 Å². The lowest BCUT2D eigenvalue weighted by molar-refractivity contribution is -0.120. The highest BCUT2D eigenvalue weighted by Crippen LogP contribution is 2.44. The highest BCUT2D eigenvalue weighted by atomic mass is 127. The van der Waals surface area contributed by atoms with Crippen molar-refractivity contribution < 1.29 is 14.3 Å². The van der Waals surface area contributed by atoms with Gasteiger partial charge in [0.2, 0.25) is 5.91 Å². The molecule has 74 heavy (non-hydrogen) atoms. The topological polar surface area (TPSA) is 171 Å². The van der Waals surface area contributed by atoms with Crippen molar-refractivity contribution >= 4 is 96.4 Å². The number of hydrogen-bond acceptors (Lipinski definition) is 10. The molecule has 6 aromatic heterocycles.